The Morgan fingerprint density at radius 3 is 3.07 bits per heavy atom. The van der Waals surface area contributed by atoms with Gasteiger partial charge in [0.2, 0.25) is 0 Å². The van der Waals surface area contributed by atoms with Gasteiger partial charge in [0.25, 0.3) is 0 Å². The van der Waals surface area contributed by atoms with Crippen molar-refractivity contribution in [1.82, 2.24) is 0 Å². The van der Waals surface area contributed by atoms with Crippen molar-refractivity contribution in [2.24, 2.45) is 0 Å². The van der Waals surface area contributed by atoms with Gasteiger partial charge in [-0.2, -0.15) is 0 Å². The molecule has 1 atom stereocenters. The van der Waals surface area contributed by atoms with E-state index in [-0.39, 0.29) is 0 Å². The van der Waals surface area contributed by atoms with Crippen molar-refractivity contribution in [2.75, 3.05) is 12.4 Å². The Bertz CT molecular complexity index is 448. The van der Waals surface area contributed by atoms with E-state index in [2.05, 4.69) is 0 Å². The van der Waals surface area contributed by atoms with Crippen LogP contribution in [-0.4, -0.2) is 16.6 Å². The minimum absolute atomic E-state index is 0.659. The van der Waals surface area contributed by atoms with Gasteiger partial charge in [-0.15, -0.1) is 0 Å². The molecule has 14 heavy (non-hydrogen) atoms. The van der Waals surface area contributed by atoms with Crippen LogP contribution in [0.2, 0.25) is 0 Å². The zero-order valence-corrected chi connectivity index (χ0v) is 8.47. The monoisotopic (exact) mass is 206 g/mol. The van der Waals surface area contributed by atoms with Gasteiger partial charge >= 0.3 is 0 Å². The number of fused-ring (bicyclic) bond motifs is 2. The van der Waals surface area contributed by atoms with Gasteiger partial charge in [0.05, 0.1) is 28.1 Å². The SMILES string of the molecule is O=S1CC2=C(OCC2)c2ccccc21. The first kappa shape index (κ1) is 8.24. The molecule has 1 aromatic carbocycles. The van der Waals surface area contributed by atoms with Gasteiger partial charge in [-0.25, -0.2) is 0 Å². The zero-order valence-electron chi connectivity index (χ0n) is 7.66. The highest BCUT2D eigenvalue weighted by Gasteiger charge is 2.27. The van der Waals surface area contributed by atoms with Crippen molar-refractivity contribution < 1.29 is 8.95 Å². The number of hydrogen-bond acceptors (Lipinski definition) is 2. The molecule has 2 nitrogen and oxygen atoms in total. The Morgan fingerprint density at radius 1 is 1.29 bits per heavy atom. The van der Waals surface area contributed by atoms with Crippen molar-refractivity contribution in [3.8, 4) is 0 Å². The molecule has 3 rings (SSSR count). The van der Waals surface area contributed by atoms with Crippen LogP contribution in [0.4, 0.5) is 0 Å². The molecule has 1 unspecified atom stereocenters. The smallest absolute Gasteiger partial charge is 0.128 e. The summed E-state index contributed by atoms with van der Waals surface area (Å²) < 4.78 is 17.4. The molecule has 2 aliphatic heterocycles. The van der Waals surface area contributed by atoms with E-state index in [1.54, 1.807) is 0 Å². The lowest BCUT2D eigenvalue weighted by Crippen LogP contribution is -2.09. The van der Waals surface area contributed by atoms with E-state index in [0.717, 1.165) is 29.2 Å². The van der Waals surface area contributed by atoms with E-state index < -0.39 is 10.8 Å². The van der Waals surface area contributed by atoms with E-state index in [1.165, 1.54) is 5.57 Å². The van der Waals surface area contributed by atoms with Crippen LogP contribution in [0.15, 0.2) is 34.7 Å². The lowest BCUT2D eigenvalue weighted by molar-refractivity contribution is 0.307. The van der Waals surface area contributed by atoms with Gasteiger partial charge < -0.3 is 4.74 Å². The fourth-order valence-corrected chi connectivity index (χ4v) is 3.37. The summed E-state index contributed by atoms with van der Waals surface area (Å²) in [5, 5.41) is 0. The molecule has 2 heterocycles. The van der Waals surface area contributed by atoms with Crippen molar-refractivity contribution in [3.05, 3.63) is 35.4 Å². The lowest BCUT2D eigenvalue weighted by Gasteiger charge is -2.16. The van der Waals surface area contributed by atoms with E-state index in [4.69, 9.17) is 4.74 Å². The van der Waals surface area contributed by atoms with Crippen LogP contribution in [0, 0.1) is 0 Å². The molecule has 72 valence electrons. The molecule has 0 radical (unpaired) electrons. The Kier molecular flexibility index (Phi) is 1.74. The quantitative estimate of drug-likeness (QED) is 0.648. The Labute approximate surface area is 85.0 Å². The third-order valence-corrected chi connectivity index (χ3v) is 4.11. The third-order valence-electron chi connectivity index (χ3n) is 2.65. The molecule has 0 fully saturated rings. The summed E-state index contributed by atoms with van der Waals surface area (Å²) in [6.07, 6.45) is 0.940. The van der Waals surface area contributed by atoms with Gasteiger partial charge in [0.1, 0.15) is 5.76 Å². The predicted molar refractivity (Wildman–Crippen MR) is 55.2 cm³/mol. The van der Waals surface area contributed by atoms with Crippen LogP contribution < -0.4 is 0 Å². The Morgan fingerprint density at radius 2 is 2.14 bits per heavy atom. The fraction of sp³-hybridized carbons (Fsp3) is 0.273. The molecule has 1 aromatic rings. The van der Waals surface area contributed by atoms with Gasteiger partial charge in [0, 0.05) is 12.0 Å². The summed E-state index contributed by atoms with van der Waals surface area (Å²) in [5.41, 5.74) is 2.26. The maximum Gasteiger partial charge on any atom is 0.128 e. The van der Waals surface area contributed by atoms with Gasteiger partial charge in [-0.05, 0) is 11.6 Å². The third kappa shape index (κ3) is 1.05. The summed E-state index contributed by atoms with van der Waals surface area (Å²) in [6.45, 7) is 0.746. The van der Waals surface area contributed by atoms with Crippen LogP contribution in [0.25, 0.3) is 5.76 Å². The van der Waals surface area contributed by atoms with E-state index in [1.807, 2.05) is 24.3 Å². The highest BCUT2D eigenvalue weighted by molar-refractivity contribution is 7.85. The summed E-state index contributed by atoms with van der Waals surface area (Å²) in [5.74, 6) is 1.65. The Hall–Kier alpha value is -1.09. The average Bonchev–Trinajstić information content (AvgIpc) is 2.66. The predicted octanol–water partition coefficient (Wildman–Crippen LogP) is 1.94. The molecule has 0 amide bonds. The minimum atomic E-state index is -0.864. The molecule has 2 aliphatic rings. The van der Waals surface area contributed by atoms with E-state index >= 15 is 0 Å². The van der Waals surface area contributed by atoms with E-state index in [0.29, 0.717) is 5.75 Å². The molecule has 0 saturated carbocycles. The molecule has 0 bridgehead atoms. The van der Waals surface area contributed by atoms with Crippen molar-refractivity contribution in [1.29, 1.82) is 0 Å². The first-order valence-electron chi connectivity index (χ1n) is 4.69. The molecule has 0 aromatic heterocycles. The zero-order chi connectivity index (χ0) is 9.54. The molecular formula is C11H10O2S. The first-order valence-corrected chi connectivity index (χ1v) is 6.01. The summed E-state index contributed by atoms with van der Waals surface area (Å²) in [6, 6.07) is 7.81. The summed E-state index contributed by atoms with van der Waals surface area (Å²) in [7, 11) is -0.864. The molecule has 3 heteroatoms. The van der Waals surface area contributed by atoms with Crippen LogP contribution in [0.1, 0.15) is 12.0 Å². The summed E-state index contributed by atoms with van der Waals surface area (Å²) in [4.78, 5) is 0.924. The fourth-order valence-electron chi connectivity index (χ4n) is 1.99. The van der Waals surface area contributed by atoms with E-state index in [9.17, 15) is 4.21 Å². The maximum absolute atomic E-state index is 11.8. The van der Waals surface area contributed by atoms with Crippen LogP contribution in [-0.2, 0) is 15.5 Å². The van der Waals surface area contributed by atoms with Crippen molar-refractivity contribution in [2.45, 2.75) is 11.3 Å². The van der Waals surface area contributed by atoms with Crippen LogP contribution >= 0.6 is 0 Å². The van der Waals surface area contributed by atoms with Crippen LogP contribution in [0.3, 0.4) is 0 Å². The normalized spacial score (nSPS) is 24.1. The molecule has 0 aliphatic carbocycles. The number of rotatable bonds is 0. The standard InChI is InChI=1S/C11H10O2S/c12-14-7-8-5-6-13-11(8)9-3-1-2-4-10(9)14/h1-4H,5-7H2. The second-order valence-electron chi connectivity index (χ2n) is 3.52. The van der Waals surface area contributed by atoms with Gasteiger partial charge in [-0.3, -0.25) is 4.21 Å². The average molecular weight is 206 g/mol. The second kappa shape index (κ2) is 2.95. The molecule has 0 spiro atoms. The lowest BCUT2D eigenvalue weighted by atomic mass is 10.1. The first-order chi connectivity index (χ1) is 6.86. The van der Waals surface area contributed by atoms with Gasteiger partial charge in [-0.1, -0.05) is 18.2 Å². The van der Waals surface area contributed by atoms with Crippen LogP contribution in [0.5, 0.6) is 0 Å². The number of benzene rings is 1. The van der Waals surface area contributed by atoms with Crippen molar-refractivity contribution >= 4 is 16.6 Å². The largest absolute Gasteiger partial charge is 0.493 e. The topological polar surface area (TPSA) is 26.3 Å². The highest BCUT2D eigenvalue weighted by atomic mass is 32.2. The van der Waals surface area contributed by atoms with Gasteiger partial charge in [0.15, 0.2) is 0 Å². The molecule has 0 N–H and O–H groups in total. The number of ether oxygens (including phenoxy) is 1. The molecule has 0 saturated heterocycles. The highest BCUT2D eigenvalue weighted by Crippen LogP contribution is 2.36. The second-order valence-corrected chi connectivity index (χ2v) is 4.94. The van der Waals surface area contributed by atoms with Crippen molar-refractivity contribution in [3.63, 3.8) is 0 Å². The Balaban J connectivity index is 2.25. The maximum atomic E-state index is 11.8. The minimum Gasteiger partial charge on any atom is -0.493 e. The summed E-state index contributed by atoms with van der Waals surface area (Å²) >= 11 is 0. The number of hydrogen-bond donors (Lipinski definition) is 0. The molecular weight excluding hydrogens is 196 g/mol.